The van der Waals surface area contributed by atoms with Crippen molar-refractivity contribution in [2.24, 2.45) is 0 Å². The van der Waals surface area contributed by atoms with Crippen molar-refractivity contribution in [3.8, 4) is 17.2 Å². The van der Waals surface area contributed by atoms with E-state index in [1.807, 2.05) is 25.1 Å². The normalized spacial score (nSPS) is 17.6. The summed E-state index contributed by atoms with van der Waals surface area (Å²) in [5, 5.41) is 19.0. The Morgan fingerprint density at radius 2 is 1.79 bits per heavy atom. The van der Waals surface area contributed by atoms with Crippen molar-refractivity contribution in [1.29, 1.82) is 0 Å². The van der Waals surface area contributed by atoms with Gasteiger partial charge >= 0.3 is 0 Å². The minimum absolute atomic E-state index is 0.279. The second-order valence-corrected chi connectivity index (χ2v) is 5.00. The molecule has 1 unspecified atom stereocenters. The highest BCUT2D eigenvalue weighted by molar-refractivity contribution is 5.50. The van der Waals surface area contributed by atoms with E-state index in [-0.39, 0.29) is 17.4 Å². The lowest BCUT2D eigenvalue weighted by Crippen LogP contribution is -2.19. The molecule has 2 N–H and O–H groups in total. The van der Waals surface area contributed by atoms with Crippen LogP contribution >= 0.6 is 0 Å². The number of hydrogen-bond donors (Lipinski definition) is 2. The molecule has 0 bridgehead atoms. The van der Waals surface area contributed by atoms with Crippen LogP contribution in [0.4, 0.5) is 0 Å². The first-order valence-electron chi connectivity index (χ1n) is 6.38. The maximum Gasteiger partial charge on any atom is 0.129 e. The van der Waals surface area contributed by atoms with Gasteiger partial charge in [-0.05, 0) is 42.7 Å². The molecule has 0 saturated heterocycles. The van der Waals surface area contributed by atoms with Gasteiger partial charge in [-0.15, -0.1) is 0 Å². The van der Waals surface area contributed by atoms with Crippen LogP contribution in [0.3, 0.4) is 0 Å². The van der Waals surface area contributed by atoms with Crippen molar-refractivity contribution in [2.45, 2.75) is 19.3 Å². The Morgan fingerprint density at radius 1 is 1.05 bits per heavy atom. The van der Waals surface area contributed by atoms with Gasteiger partial charge in [0.25, 0.3) is 0 Å². The number of phenolic OH excluding ortho intramolecular Hbond substituents is 2. The summed E-state index contributed by atoms with van der Waals surface area (Å²) in [4.78, 5) is 0. The summed E-state index contributed by atoms with van der Waals surface area (Å²) in [5.41, 5.74) is 3.09. The first-order valence-corrected chi connectivity index (χ1v) is 6.38. The van der Waals surface area contributed by atoms with Gasteiger partial charge < -0.3 is 14.9 Å². The lowest BCUT2D eigenvalue weighted by molar-refractivity contribution is 0.259. The van der Waals surface area contributed by atoms with Gasteiger partial charge in [-0.2, -0.15) is 0 Å². The maximum absolute atomic E-state index is 9.68. The van der Waals surface area contributed by atoms with E-state index in [2.05, 4.69) is 0 Å². The van der Waals surface area contributed by atoms with Gasteiger partial charge in [0.05, 0.1) is 6.61 Å². The summed E-state index contributed by atoms with van der Waals surface area (Å²) in [6, 6.07) is 10.9. The second-order valence-electron chi connectivity index (χ2n) is 5.00. The monoisotopic (exact) mass is 256 g/mol. The van der Waals surface area contributed by atoms with E-state index >= 15 is 0 Å². The molecule has 1 heterocycles. The smallest absolute Gasteiger partial charge is 0.129 e. The van der Waals surface area contributed by atoms with Crippen LogP contribution in [0.2, 0.25) is 0 Å². The highest BCUT2D eigenvalue weighted by Crippen LogP contribution is 2.38. The van der Waals surface area contributed by atoms with Crippen LogP contribution in [0.15, 0.2) is 36.4 Å². The zero-order chi connectivity index (χ0) is 13.4. The summed E-state index contributed by atoms with van der Waals surface area (Å²) in [6.45, 7) is 2.47. The van der Waals surface area contributed by atoms with Gasteiger partial charge in [0.1, 0.15) is 17.2 Å². The third-order valence-corrected chi connectivity index (χ3v) is 3.72. The van der Waals surface area contributed by atoms with E-state index in [9.17, 15) is 10.2 Å². The molecule has 2 aromatic rings. The van der Waals surface area contributed by atoms with Crippen molar-refractivity contribution in [2.75, 3.05) is 6.61 Å². The van der Waals surface area contributed by atoms with Crippen LogP contribution in [0.1, 0.15) is 22.6 Å². The van der Waals surface area contributed by atoms with Gasteiger partial charge in [0.2, 0.25) is 0 Å². The summed E-state index contributed by atoms with van der Waals surface area (Å²) >= 11 is 0. The molecule has 3 heteroatoms. The summed E-state index contributed by atoms with van der Waals surface area (Å²) in [6.07, 6.45) is 0.890. The number of aromatic hydroxyl groups is 2. The zero-order valence-electron chi connectivity index (χ0n) is 10.8. The Hall–Kier alpha value is -2.16. The highest BCUT2D eigenvalue weighted by Gasteiger charge is 2.23. The minimum atomic E-state index is 0.279. The molecular weight excluding hydrogens is 240 g/mol. The number of phenols is 2. The van der Waals surface area contributed by atoms with Crippen LogP contribution in [-0.4, -0.2) is 16.8 Å². The lowest BCUT2D eigenvalue weighted by Gasteiger charge is -2.27. The highest BCUT2D eigenvalue weighted by atomic mass is 16.5. The molecular formula is C16H16O3. The van der Waals surface area contributed by atoms with Gasteiger partial charge in [0.15, 0.2) is 0 Å². The molecule has 0 aromatic heterocycles. The minimum Gasteiger partial charge on any atom is -0.508 e. The van der Waals surface area contributed by atoms with E-state index in [1.54, 1.807) is 18.2 Å². The van der Waals surface area contributed by atoms with Gasteiger partial charge in [-0.25, -0.2) is 0 Å². The molecule has 3 nitrogen and oxygen atoms in total. The molecule has 0 spiro atoms. The fourth-order valence-corrected chi connectivity index (χ4v) is 2.57. The molecule has 2 aromatic carbocycles. The topological polar surface area (TPSA) is 49.7 Å². The van der Waals surface area contributed by atoms with E-state index in [0.717, 1.165) is 28.9 Å². The quantitative estimate of drug-likeness (QED) is 0.824. The lowest BCUT2D eigenvalue weighted by atomic mass is 9.89. The van der Waals surface area contributed by atoms with Gasteiger partial charge in [0, 0.05) is 11.5 Å². The van der Waals surface area contributed by atoms with Crippen molar-refractivity contribution < 1.29 is 14.9 Å². The Morgan fingerprint density at radius 3 is 2.53 bits per heavy atom. The predicted molar refractivity (Wildman–Crippen MR) is 72.9 cm³/mol. The zero-order valence-corrected chi connectivity index (χ0v) is 10.8. The maximum atomic E-state index is 9.68. The average molecular weight is 256 g/mol. The van der Waals surface area contributed by atoms with Crippen LogP contribution < -0.4 is 4.74 Å². The van der Waals surface area contributed by atoms with Crippen molar-refractivity contribution in [1.82, 2.24) is 0 Å². The summed E-state index contributed by atoms with van der Waals surface area (Å²) in [5.74, 6) is 1.66. The SMILES string of the molecule is Cc1c(O)ccc2c1OCC(c1ccc(O)cc1)C2. The van der Waals surface area contributed by atoms with Crippen LogP contribution in [0, 0.1) is 6.92 Å². The Kier molecular flexibility index (Phi) is 2.82. The summed E-state index contributed by atoms with van der Waals surface area (Å²) < 4.78 is 5.81. The largest absolute Gasteiger partial charge is 0.508 e. The Balaban J connectivity index is 1.90. The third kappa shape index (κ3) is 2.12. The second kappa shape index (κ2) is 4.50. The molecule has 98 valence electrons. The predicted octanol–water partition coefficient (Wildman–Crippen LogP) is 3.12. The molecule has 0 saturated carbocycles. The van der Waals surface area contributed by atoms with Gasteiger partial charge in [-0.3, -0.25) is 0 Å². The molecule has 0 radical (unpaired) electrons. The molecule has 0 amide bonds. The Bertz CT molecular complexity index is 602. The third-order valence-electron chi connectivity index (χ3n) is 3.72. The fraction of sp³-hybridized carbons (Fsp3) is 0.250. The molecule has 1 atom stereocenters. The number of hydrogen-bond acceptors (Lipinski definition) is 3. The molecule has 3 rings (SSSR count). The van der Waals surface area contributed by atoms with Crippen LogP contribution in [-0.2, 0) is 6.42 Å². The van der Waals surface area contributed by atoms with Crippen molar-refractivity contribution >= 4 is 0 Å². The van der Waals surface area contributed by atoms with Crippen LogP contribution in [0.5, 0.6) is 17.2 Å². The molecule has 0 fully saturated rings. The molecule has 19 heavy (non-hydrogen) atoms. The average Bonchev–Trinajstić information content (AvgIpc) is 2.43. The number of rotatable bonds is 1. The van der Waals surface area contributed by atoms with Crippen molar-refractivity contribution in [3.63, 3.8) is 0 Å². The standard InChI is InChI=1S/C16H16O3/c1-10-15(18)7-4-12-8-13(9-19-16(10)12)11-2-5-14(17)6-3-11/h2-7,13,17-18H,8-9H2,1H3. The van der Waals surface area contributed by atoms with Crippen LogP contribution in [0.25, 0.3) is 0 Å². The first kappa shape index (κ1) is 11.9. The van der Waals surface area contributed by atoms with E-state index in [0.29, 0.717) is 6.61 Å². The van der Waals surface area contributed by atoms with Gasteiger partial charge in [-0.1, -0.05) is 18.2 Å². The number of benzene rings is 2. The number of fused-ring (bicyclic) bond motifs is 1. The van der Waals surface area contributed by atoms with E-state index in [1.165, 1.54) is 0 Å². The summed E-state index contributed by atoms with van der Waals surface area (Å²) in [7, 11) is 0. The number of ether oxygens (including phenoxy) is 1. The first-order chi connectivity index (χ1) is 9.15. The van der Waals surface area contributed by atoms with Crippen molar-refractivity contribution in [3.05, 3.63) is 53.1 Å². The molecule has 1 aliphatic rings. The fourth-order valence-electron chi connectivity index (χ4n) is 2.57. The Labute approximate surface area is 112 Å². The molecule has 1 aliphatic heterocycles. The van der Waals surface area contributed by atoms with E-state index in [4.69, 9.17) is 4.74 Å². The molecule has 0 aliphatic carbocycles. The van der Waals surface area contributed by atoms with E-state index < -0.39 is 0 Å².